The molecule has 0 aromatic rings. The third kappa shape index (κ3) is 15.7. The van der Waals surface area contributed by atoms with Crippen molar-refractivity contribution in [2.75, 3.05) is 0 Å². The number of unbranched alkanes of at least 4 members (excludes halogenated alkanes) is 3. The van der Waals surface area contributed by atoms with E-state index in [2.05, 4.69) is 13.8 Å². The normalized spacial score (nSPS) is 6.75. The predicted molar refractivity (Wildman–Crippen MR) is 29.5 cm³/mol. The molecule has 0 amide bonds. The van der Waals surface area contributed by atoms with Crippen LogP contribution in [0.4, 0.5) is 0 Å². The van der Waals surface area contributed by atoms with Gasteiger partial charge in [-0.25, -0.2) is 0 Å². The zero-order valence-electron chi connectivity index (χ0n) is 5.62. The summed E-state index contributed by atoms with van der Waals surface area (Å²) in [7, 11) is 0. The molecule has 0 heterocycles. The molecular weight excluding hydrogens is 264 g/mol. The summed E-state index contributed by atoms with van der Waals surface area (Å²) in [6.45, 7) is 5.93. The van der Waals surface area contributed by atoms with Crippen LogP contribution in [0.2, 0.25) is 0 Å². The minimum absolute atomic E-state index is 0. The van der Waals surface area contributed by atoms with Crippen molar-refractivity contribution in [1.29, 1.82) is 0 Å². The first-order valence-electron chi connectivity index (χ1n) is 2.71. The van der Waals surface area contributed by atoms with Gasteiger partial charge in [-0.2, -0.15) is 0 Å². The van der Waals surface area contributed by atoms with E-state index < -0.39 is 0 Å². The Morgan fingerprint density at radius 2 is 1.75 bits per heavy atom. The average molecular weight is 277 g/mol. The van der Waals surface area contributed by atoms with Crippen molar-refractivity contribution in [2.24, 2.45) is 0 Å². The van der Waals surface area contributed by atoms with Crippen molar-refractivity contribution < 1.29 is 43.5 Å². The molecule has 47 valence electrons. The molecule has 0 rings (SSSR count). The summed E-state index contributed by atoms with van der Waals surface area (Å²) in [5.74, 6) is 0. The molecule has 0 aliphatic heterocycles. The Hall–Kier alpha value is 1.35. The zero-order chi connectivity index (χ0) is 4.83. The second-order valence-corrected chi connectivity index (χ2v) is 1.56. The van der Waals surface area contributed by atoms with Gasteiger partial charge in [0.1, 0.15) is 0 Å². The number of hydrogen-bond acceptors (Lipinski definition) is 0. The largest absolute Gasteiger partial charge is 1.00 e. The fraction of sp³-hybridized carbons (Fsp3) is 0.833. The molecule has 0 saturated heterocycles. The summed E-state index contributed by atoms with van der Waals surface area (Å²) in [6.07, 6.45) is 5.07. The van der Waals surface area contributed by atoms with Gasteiger partial charge in [-0.3, -0.25) is 0 Å². The Bertz CT molecular complexity index is 20.5. The van der Waals surface area contributed by atoms with Gasteiger partial charge in [-0.1, -0.05) is 39.5 Å². The van der Waals surface area contributed by atoms with Gasteiger partial charge in [0.25, 0.3) is 0 Å². The molecule has 0 spiro atoms. The van der Waals surface area contributed by atoms with Crippen LogP contribution in [0.5, 0.6) is 0 Å². The summed E-state index contributed by atoms with van der Waals surface area (Å²) < 4.78 is 0. The van der Waals surface area contributed by atoms with E-state index in [4.69, 9.17) is 0 Å². The van der Waals surface area contributed by atoms with Crippen LogP contribution in [0.15, 0.2) is 0 Å². The fourth-order valence-electron chi connectivity index (χ4n) is 0.427. The molecule has 0 aromatic carbocycles. The van der Waals surface area contributed by atoms with Gasteiger partial charge >= 0.3 is 0 Å². The van der Waals surface area contributed by atoms with Crippen molar-refractivity contribution in [2.45, 2.75) is 32.6 Å². The average Bonchev–Trinajstić information content (AvgIpc) is 1.61. The van der Waals surface area contributed by atoms with Crippen LogP contribution < -0.4 is 24.0 Å². The Labute approximate surface area is 82.6 Å². The van der Waals surface area contributed by atoms with E-state index in [0.717, 1.165) is 6.42 Å². The van der Waals surface area contributed by atoms with Gasteiger partial charge in [0.2, 0.25) is 0 Å². The van der Waals surface area contributed by atoms with Gasteiger partial charge < -0.3 is 24.0 Å². The van der Waals surface area contributed by atoms with Crippen molar-refractivity contribution in [1.82, 2.24) is 0 Å². The molecular formula is C6H13IZn-. The Kier molecular flexibility index (Phi) is 31.9. The maximum absolute atomic E-state index is 3.72. The second kappa shape index (κ2) is 15.8. The monoisotopic (exact) mass is 276 g/mol. The first-order valence-corrected chi connectivity index (χ1v) is 2.71. The van der Waals surface area contributed by atoms with Crippen molar-refractivity contribution in [3.8, 4) is 0 Å². The summed E-state index contributed by atoms with van der Waals surface area (Å²) in [5, 5.41) is 0. The van der Waals surface area contributed by atoms with E-state index in [9.17, 15) is 0 Å². The molecule has 1 radical (unpaired) electrons. The Balaban J connectivity index is -0.000000125. The van der Waals surface area contributed by atoms with E-state index >= 15 is 0 Å². The molecule has 0 fully saturated rings. The van der Waals surface area contributed by atoms with Crippen molar-refractivity contribution in [3.63, 3.8) is 0 Å². The summed E-state index contributed by atoms with van der Waals surface area (Å²) >= 11 is 0. The maximum atomic E-state index is 3.72. The minimum atomic E-state index is 0. The van der Waals surface area contributed by atoms with Crippen LogP contribution in [0.1, 0.15) is 32.6 Å². The standard InChI is InChI=1S/C6H13.HI.Zn/c1-3-5-6-4-2;;/h1,3-6H2,2H3;1H;/p-1. The van der Waals surface area contributed by atoms with Gasteiger partial charge in [-0.05, 0) is 0 Å². The van der Waals surface area contributed by atoms with E-state index in [1.807, 2.05) is 0 Å². The van der Waals surface area contributed by atoms with Crippen LogP contribution in [0, 0.1) is 6.92 Å². The van der Waals surface area contributed by atoms with Crippen molar-refractivity contribution in [3.05, 3.63) is 6.92 Å². The first kappa shape index (κ1) is 16.2. The van der Waals surface area contributed by atoms with E-state index in [1.54, 1.807) is 0 Å². The van der Waals surface area contributed by atoms with E-state index in [1.165, 1.54) is 19.3 Å². The van der Waals surface area contributed by atoms with Crippen LogP contribution in [0.3, 0.4) is 0 Å². The van der Waals surface area contributed by atoms with Crippen LogP contribution in [0.25, 0.3) is 0 Å². The number of hydrogen-bond donors (Lipinski definition) is 0. The number of rotatable bonds is 3. The van der Waals surface area contributed by atoms with Gasteiger partial charge in [0, 0.05) is 19.5 Å². The quantitative estimate of drug-likeness (QED) is 0.367. The zero-order valence-corrected chi connectivity index (χ0v) is 10.7. The Morgan fingerprint density at radius 1 is 1.25 bits per heavy atom. The number of halogens is 1. The van der Waals surface area contributed by atoms with Crippen LogP contribution in [-0.4, -0.2) is 0 Å². The summed E-state index contributed by atoms with van der Waals surface area (Å²) in [4.78, 5) is 0. The molecule has 2 heteroatoms. The third-order valence-corrected chi connectivity index (χ3v) is 0.854. The third-order valence-electron chi connectivity index (χ3n) is 0.854. The molecule has 0 aliphatic rings. The minimum Gasteiger partial charge on any atom is -1.00 e. The van der Waals surface area contributed by atoms with E-state index in [-0.39, 0.29) is 43.5 Å². The van der Waals surface area contributed by atoms with Gasteiger partial charge in [-0.15, -0.1) is 0 Å². The molecule has 0 aromatic heterocycles. The fourth-order valence-corrected chi connectivity index (χ4v) is 0.427. The predicted octanol–water partition coefficient (Wildman–Crippen LogP) is -0.598. The molecule has 0 N–H and O–H groups in total. The SMILES string of the molecule is [CH2]CCCCC.[I-].[Zn]. The van der Waals surface area contributed by atoms with Crippen LogP contribution in [-0.2, 0) is 19.5 Å². The summed E-state index contributed by atoms with van der Waals surface area (Å²) in [6, 6.07) is 0. The maximum Gasteiger partial charge on any atom is 0 e. The molecule has 8 heavy (non-hydrogen) atoms. The molecule has 0 saturated carbocycles. The van der Waals surface area contributed by atoms with Crippen molar-refractivity contribution >= 4 is 0 Å². The smallest absolute Gasteiger partial charge is 0 e. The van der Waals surface area contributed by atoms with Gasteiger partial charge in [0.15, 0.2) is 0 Å². The summed E-state index contributed by atoms with van der Waals surface area (Å²) in [5.41, 5.74) is 0. The topological polar surface area (TPSA) is 0 Å². The first-order chi connectivity index (χ1) is 2.91. The Morgan fingerprint density at radius 3 is 1.88 bits per heavy atom. The molecule has 0 nitrogen and oxygen atoms in total. The molecule has 0 bridgehead atoms. The molecule has 0 unspecified atom stereocenters. The molecule has 0 aliphatic carbocycles. The van der Waals surface area contributed by atoms with Gasteiger partial charge in [0.05, 0.1) is 0 Å². The molecule has 0 atom stereocenters. The van der Waals surface area contributed by atoms with E-state index in [0.29, 0.717) is 0 Å². The van der Waals surface area contributed by atoms with Crippen LogP contribution >= 0.6 is 0 Å². The second-order valence-electron chi connectivity index (χ2n) is 1.56.